The van der Waals surface area contributed by atoms with Crippen molar-refractivity contribution in [2.75, 3.05) is 5.32 Å². The molecule has 0 saturated carbocycles. The van der Waals surface area contributed by atoms with Gasteiger partial charge in [-0.05, 0) is 41.7 Å². The molecule has 32 heavy (non-hydrogen) atoms. The topological polar surface area (TPSA) is 66.1 Å². The summed E-state index contributed by atoms with van der Waals surface area (Å²) in [6.07, 6.45) is 11.7. The molecule has 0 fully saturated rings. The van der Waals surface area contributed by atoms with Crippen LogP contribution < -0.4 is 9.88 Å². The van der Waals surface area contributed by atoms with Crippen molar-refractivity contribution in [3.05, 3.63) is 96.4 Å². The first-order valence-electron chi connectivity index (χ1n) is 11.0. The van der Waals surface area contributed by atoms with E-state index in [0.717, 1.165) is 29.1 Å². The lowest BCUT2D eigenvalue weighted by Crippen LogP contribution is -2.44. The molecule has 0 radical (unpaired) electrons. The summed E-state index contributed by atoms with van der Waals surface area (Å²) in [5.74, 6) is 1.74. The number of phenols is 1. The van der Waals surface area contributed by atoms with Crippen molar-refractivity contribution in [1.29, 1.82) is 0 Å². The third-order valence-electron chi connectivity index (χ3n) is 6.31. The van der Waals surface area contributed by atoms with Crippen molar-refractivity contribution >= 4 is 11.7 Å². The molecule has 3 unspecified atom stereocenters. The molecule has 1 aliphatic heterocycles. The second kappa shape index (κ2) is 8.42. The number of fused-ring (bicyclic) bond motifs is 1. The minimum Gasteiger partial charge on any atom is -0.508 e. The summed E-state index contributed by atoms with van der Waals surface area (Å²) in [5, 5.41) is 13.1. The summed E-state index contributed by atoms with van der Waals surface area (Å²) >= 11 is 0. The second-order valence-corrected chi connectivity index (χ2v) is 8.56. The van der Waals surface area contributed by atoms with Crippen LogP contribution in [0.2, 0.25) is 0 Å². The number of rotatable bonds is 5. The van der Waals surface area contributed by atoms with Gasteiger partial charge in [0.2, 0.25) is 0 Å². The Kier molecular flexibility index (Phi) is 5.31. The van der Waals surface area contributed by atoms with E-state index in [4.69, 9.17) is 4.98 Å². The van der Waals surface area contributed by atoms with E-state index in [2.05, 4.69) is 48.7 Å². The average Bonchev–Trinajstić information content (AvgIpc) is 3.12. The number of aromatic nitrogens is 2. The maximum Gasteiger partial charge on any atom is 0.359 e. The highest BCUT2D eigenvalue weighted by Crippen LogP contribution is 2.29. The molecule has 5 heteroatoms. The summed E-state index contributed by atoms with van der Waals surface area (Å²) in [4.78, 5) is 18.3. The van der Waals surface area contributed by atoms with Crippen LogP contribution in [0.1, 0.15) is 29.4 Å². The van der Waals surface area contributed by atoms with E-state index in [-0.39, 0.29) is 17.7 Å². The summed E-state index contributed by atoms with van der Waals surface area (Å²) in [7, 11) is 0. The fourth-order valence-electron chi connectivity index (χ4n) is 4.45. The minimum absolute atomic E-state index is 0.0480. The number of nitrogens with one attached hydrogen (secondary N) is 1. The zero-order valence-corrected chi connectivity index (χ0v) is 18.0. The Hall–Kier alpha value is -3.73. The molecule has 2 N–H and O–H groups in total. The first-order chi connectivity index (χ1) is 15.6. The molecule has 1 aromatic heterocycles. The number of carbonyl (C=O) groups is 1. The van der Waals surface area contributed by atoms with E-state index in [9.17, 15) is 9.90 Å². The zero-order valence-electron chi connectivity index (χ0n) is 18.0. The van der Waals surface area contributed by atoms with Crippen molar-refractivity contribution in [3.8, 4) is 17.0 Å². The van der Waals surface area contributed by atoms with Crippen LogP contribution >= 0.6 is 0 Å². The summed E-state index contributed by atoms with van der Waals surface area (Å²) < 4.78 is 1.73. The lowest BCUT2D eigenvalue weighted by atomic mass is 9.85. The Morgan fingerprint density at radius 2 is 1.78 bits per heavy atom. The SMILES string of the molecule is CC1C=CC=CC1CC1Nc2c(Cc3ccccc3)nc(-c3ccc(O)cc3)c[n+]2C1=O. The minimum atomic E-state index is -0.287. The predicted octanol–water partition coefficient (Wildman–Crippen LogP) is 4.54. The first-order valence-corrected chi connectivity index (χ1v) is 11.0. The van der Waals surface area contributed by atoms with Crippen molar-refractivity contribution in [3.63, 3.8) is 0 Å². The van der Waals surface area contributed by atoms with Crippen LogP contribution in [0.15, 0.2) is 85.1 Å². The van der Waals surface area contributed by atoms with Gasteiger partial charge in [0, 0.05) is 18.4 Å². The molecule has 0 spiro atoms. The van der Waals surface area contributed by atoms with Crippen LogP contribution in [0.25, 0.3) is 11.3 Å². The Labute approximate surface area is 187 Å². The zero-order chi connectivity index (χ0) is 22.1. The highest BCUT2D eigenvalue weighted by molar-refractivity contribution is 5.82. The molecule has 0 amide bonds. The van der Waals surface area contributed by atoms with E-state index in [0.29, 0.717) is 24.0 Å². The van der Waals surface area contributed by atoms with E-state index < -0.39 is 0 Å². The maximum atomic E-state index is 13.4. The van der Waals surface area contributed by atoms with E-state index >= 15 is 0 Å². The lowest BCUT2D eigenvalue weighted by Gasteiger charge is -2.20. The Bertz CT molecular complexity index is 1200. The molecular formula is C27H26N3O2+. The Morgan fingerprint density at radius 1 is 1.03 bits per heavy atom. The number of anilines is 1. The van der Waals surface area contributed by atoms with Gasteiger partial charge in [0.25, 0.3) is 0 Å². The average molecular weight is 425 g/mol. The molecule has 3 atom stereocenters. The third kappa shape index (κ3) is 3.94. The molecular weight excluding hydrogens is 398 g/mol. The van der Waals surface area contributed by atoms with Gasteiger partial charge < -0.3 is 5.11 Å². The van der Waals surface area contributed by atoms with Gasteiger partial charge in [0.1, 0.15) is 23.3 Å². The molecule has 2 heterocycles. The number of hydrogen-bond donors (Lipinski definition) is 2. The van der Waals surface area contributed by atoms with Gasteiger partial charge >= 0.3 is 11.7 Å². The van der Waals surface area contributed by atoms with Gasteiger partial charge in [-0.3, -0.25) is 5.32 Å². The van der Waals surface area contributed by atoms with Gasteiger partial charge in [-0.1, -0.05) is 61.6 Å². The van der Waals surface area contributed by atoms with E-state index in [1.807, 2.05) is 36.5 Å². The molecule has 2 aromatic carbocycles. The first kappa shape index (κ1) is 20.2. The molecule has 3 aromatic rings. The fraction of sp³-hybridized carbons (Fsp3) is 0.222. The summed E-state index contributed by atoms with van der Waals surface area (Å²) in [6.45, 7) is 2.19. The molecule has 5 nitrogen and oxygen atoms in total. The number of nitrogens with zero attached hydrogens (tertiary/aromatic N) is 2. The number of allylic oxidation sites excluding steroid dienone is 4. The third-order valence-corrected chi connectivity index (χ3v) is 6.31. The largest absolute Gasteiger partial charge is 0.508 e. The fourth-order valence-corrected chi connectivity index (χ4v) is 4.45. The highest BCUT2D eigenvalue weighted by atomic mass is 16.3. The maximum absolute atomic E-state index is 13.4. The number of benzene rings is 2. The number of carbonyl (C=O) groups excluding carboxylic acids is 1. The Morgan fingerprint density at radius 3 is 2.53 bits per heavy atom. The van der Waals surface area contributed by atoms with Crippen LogP contribution in [0, 0.1) is 11.8 Å². The molecule has 2 aliphatic rings. The van der Waals surface area contributed by atoms with Crippen LogP contribution in [-0.2, 0) is 6.42 Å². The van der Waals surface area contributed by atoms with Crippen molar-refractivity contribution in [1.82, 2.24) is 4.98 Å². The predicted molar refractivity (Wildman–Crippen MR) is 124 cm³/mol. The Balaban J connectivity index is 1.52. The van der Waals surface area contributed by atoms with Crippen LogP contribution in [0.4, 0.5) is 5.82 Å². The molecule has 1 aliphatic carbocycles. The summed E-state index contributed by atoms with van der Waals surface area (Å²) in [5.41, 5.74) is 3.55. The smallest absolute Gasteiger partial charge is 0.359 e. The molecule has 5 rings (SSSR count). The van der Waals surface area contributed by atoms with Crippen molar-refractivity contribution in [2.45, 2.75) is 25.8 Å². The van der Waals surface area contributed by atoms with Crippen LogP contribution in [0.5, 0.6) is 5.75 Å². The molecule has 160 valence electrons. The van der Waals surface area contributed by atoms with Gasteiger partial charge in [-0.2, -0.15) is 4.57 Å². The summed E-state index contributed by atoms with van der Waals surface area (Å²) in [6, 6.07) is 16.8. The standard InChI is InChI=1S/C27H25N3O2/c1-18-7-5-6-10-21(18)16-24-27(32)30-17-25(20-11-13-22(31)14-12-20)28-23(26(30)29-24)15-19-8-3-2-4-9-19/h2-14,17-18,21,24,31H,15-16H2,1H3/p+1. The molecule has 0 saturated heterocycles. The monoisotopic (exact) mass is 424 g/mol. The van der Waals surface area contributed by atoms with Gasteiger partial charge in [-0.15, -0.1) is 0 Å². The van der Waals surface area contributed by atoms with Gasteiger partial charge in [0.05, 0.1) is 0 Å². The normalized spacial score (nSPS) is 21.4. The van der Waals surface area contributed by atoms with Gasteiger partial charge in [-0.25, -0.2) is 9.78 Å². The highest BCUT2D eigenvalue weighted by Gasteiger charge is 2.42. The van der Waals surface area contributed by atoms with Crippen LogP contribution in [0.3, 0.4) is 0 Å². The second-order valence-electron chi connectivity index (χ2n) is 8.56. The van der Waals surface area contributed by atoms with E-state index in [1.165, 1.54) is 0 Å². The van der Waals surface area contributed by atoms with Crippen LogP contribution in [-0.4, -0.2) is 22.0 Å². The number of phenolic OH excluding ortho intramolecular Hbond substituents is 1. The number of aromatic hydroxyl groups is 1. The molecule has 0 bridgehead atoms. The lowest BCUT2D eigenvalue weighted by molar-refractivity contribution is -0.552. The number of hydrogen-bond acceptors (Lipinski definition) is 4. The quantitative estimate of drug-likeness (QED) is 0.591. The van der Waals surface area contributed by atoms with Gasteiger partial charge in [0.15, 0.2) is 6.04 Å². The van der Waals surface area contributed by atoms with E-state index in [1.54, 1.807) is 16.7 Å². The van der Waals surface area contributed by atoms with Crippen molar-refractivity contribution in [2.24, 2.45) is 11.8 Å². The van der Waals surface area contributed by atoms with Crippen molar-refractivity contribution < 1.29 is 14.5 Å².